The van der Waals surface area contributed by atoms with Crippen LogP contribution in [0.25, 0.3) is 16.7 Å². The Morgan fingerprint density at radius 3 is 2.77 bits per heavy atom. The van der Waals surface area contributed by atoms with Crippen molar-refractivity contribution in [3.63, 3.8) is 0 Å². The average Bonchev–Trinajstić information content (AvgIpc) is 2.88. The number of nitrogens with one attached hydrogen (secondary N) is 1. The number of nitrogens with zero attached hydrogens (tertiary/aromatic N) is 2. The lowest BCUT2D eigenvalue weighted by Crippen LogP contribution is -2.32. The van der Waals surface area contributed by atoms with Crippen molar-refractivity contribution >= 4 is 28.7 Å². The van der Waals surface area contributed by atoms with Crippen molar-refractivity contribution in [2.24, 2.45) is 0 Å². The highest BCUT2D eigenvalue weighted by molar-refractivity contribution is 7.99. The number of aromatic nitrogens is 2. The minimum Gasteiger partial charge on any atom is -0.497 e. The van der Waals surface area contributed by atoms with Gasteiger partial charge in [0.15, 0.2) is 0 Å². The molecular formula is C27H24FN3O3S. The van der Waals surface area contributed by atoms with Gasteiger partial charge in [0.25, 0.3) is 5.56 Å². The molecule has 1 amide bonds. The molecule has 8 heteroatoms. The van der Waals surface area contributed by atoms with Gasteiger partial charge >= 0.3 is 0 Å². The molecule has 35 heavy (non-hydrogen) atoms. The molecule has 5 rings (SSSR count). The number of aryl methyl sites for hydroxylation is 1. The van der Waals surface area contributed by atoms with Crippen LogP contribution in [0.15, 0.2) is 76.4 Å². The lowest BCUT2D eigenvalue weighted by atomic mass is 10.0. The molecule has 0 saturated heterocycles. The number of halogens is 1. The Balaban J connectivity index is 1.39. The molecule has 1 atom stereocenters. The van der Waals surface area contributed by atoms with Crippen LogP contribution in [0.4, 0.5) is 4.39 Å². The van der Waals surface area contributed by atoms with Gasteiger partial charge < -0.3 is 10.1 Å². The fourth-order valence-corrected chi connectivity index (χ4v) is 5.45. The molecule has 1 aromatic heterocycles. The van der Waals surface area contributed by atoms with E-state index in [1.165, 1.54) is 12.1 Å². The smallest absolute Gasteiger partial charge is 0.277 e. The van der Waals surface area contributed by atoms with E-state index in [1.54, 1.807) is 41.6 Å². The van der Waals surface area contributed by atoms with Crippen molar-refractivity contribution in [1.82, 2.24) is 14.9 Å². The van der Waals surface area contributed by atoms with Crippen LogP contribution in [-0.4, -0.2) is 28.3 Å². The summed E-state index contributed by atoms with van der Waals surface area (Å²) < 4.78 is 20.6. The molecule has 0 fully saturated rings. The van der Waals surface area contributed by atoms with Crippen LogP contribution in [0, 0.1) is 5.82 Å². The molecule has 1 unspecified atom stereocenters. The van der Waals surface area contributed by atoms with Gasteiger partial charge in [0.1, 0.15) is 17.3 Å². The van der Waals surface area contributed by atoms with Crippen molar-refractivity contribution in [2.75, 3.05) is 12.9 Å². The normalized spacial score (nSPS) is 15.0. The molecule has 0 saturated carbocycles. The molecule has 1 aliphatic heterocycles. The first kappa shape index (κ1) is 23.1. The lowest BCUT2D eigenvalue weighted by molar-refractivity contribution is -0.121. The average molecular weight is 490 g/mol. The summed E-state index contributed by atoms with van der Waals surface area (Å²) in [6, 6.07) is 19.1. The Morgan fingerprint density at radius 1 is 1.17 bits per heavy atom. The molecule has 1 N–H and O–H groups in total. The van der Waals surface area contributed by atoms with Gasteiger partial charge in [0.2, 0.25) is 5.91 Å². The minimum atomic E-state index is -0.315. The Hall–Kier alpha value is -3.65. The Kier molecular flexibility index (Phi) is 6.55. The number of hydrogen-bond donors (Lipinski definition) is 1. The van der Waals surface area contributed by atoms with Gasteiger partial charge in [-0.25, -0.2) is 9.37 Å². The van der Waals surface area contributed by atoms with Gasteiger partial charge in [0.05, 0.1) is 24.2 Å². The second-order valence-corrected chi connectivity index (χ2v) is 9.46. The van der Waals surface area contributed by atoms with Crippen LogP contribution in [0.3, 0.4) is 0 Å². The van der Waals surface area contributed by atoms with E-state index >= 15 is 0 Å². The third kappa shape index (κ3) is 4.79. The van der Waals surface area contributed by atoms with Gasteiger partial charge in [-0.15, -0.1) is 11.8 Å². The maximum Gasteiger partial charge on any atom is 0.277 e. The number of carbonyl (C=O) groups excluding carboxylic acids is 1. The van der Waals surface area contributed by atoms with E-state index in [0.717, 1.165) is 22.6 Å². The zero-order valence-electron chi connectivity index (χ0n) is 19.2. The summed E-state index contributed by atoms with van der Waals surface area (Å²) >= 11 is 1.66. The molecule has 0 spiro atoms. The monoisotopic (exact) mass is 489 g/mol. The zero-order chi connectivity index (χ0) is 24.4. The second kappa shape index (κ2) is 9.92. The number of fused-ring (bicyclic) bond motifs is 2. The lowest BCUT2D eigenvalue weighted by Gasteiger charge is -2.26. The van der Waals surface area contributed by atoms with Gasteiger partial charge in [-0.1, -0.05) is 12.1 Å². The standard InChI is InChI=1S/C27H24FN3O3S/c1-34-19-9-7-18(8-10-19)31-24-5-3-2-4-22(24)29-23(27(31)33)11-13-26(32)30-21-14-15-35-25-12-6-17(28)16-20(21)25/h2-10,12,16,21H,11,13-15H2,1H3,(H,30,32). The minimum absolute atomic E-state index is 0.109. The summed E-state index contributed by atoms with van der Waals surface area (Å²) in [4.78, 5) is 31.8. The predicted molar refractivity (Wildman–Crippen MR) is 135 cm³/mol. The number of para-hydroxylation sites is 2. The number of benzene rings is 3. The number of hydrogen-bond acceptors (Lipinski definition) is 5. The first-order valence-electron chi connectivity index (χ1n) is 11.4. The first-order chi connectivity index (χ1) is 17.0. The topological polar surface area (TPSA) is 73.2 Å². The molecule has 0 aliphatic carbocycles. The summed E-state index contributed by atoms with van der Waals surface area (Å²) in [7, 11) is 1.59. The van der Waals surface area contributed by atoms with E-state index in [-0.39, 0.29) is 36.2 Å². The number of methoxy groups -OCH3 is 1. The van der Waals surface area contributed by atoms with Gasteiger partial charge in [-0.3, -0.25) is 14.2 Å². The number of rotatable bonds is 6. The zero-order valence-corrected chi connectivity index (χ0v) is 20.0. The molecule has 1 aliphatic rings. The van der Waals surface area contributed by atoms with Gasteiger partial charge in [-0.05, 0) is 66.6 Å². The van der Waals surface area contributed by atoms with Crippen LogP contribution in [0.2, 0.25) is 0 Å². The van der Waals surface area contributed by atoms with Gasteiger partial charge in [0, 0.05) is 29.2 Å². The maximum atomic E-state index is 13.8. The molecule has 6 nitrogen and oxygen atoms in total. The maximum absolute atomic E-state index is 13.8. The molecule has 2 heterocycles. The molecule has 0 bridgehead atoms. The quantitative estimate of drug-likeness (QED) is 0.420. The van der Waals surface area contributed by atoms with Crippen molar-refractivity contribution in [3.05, 3.63) is 94.2 Å². The summed E-state index contributed by atoms with van der Waals surface area (Å²) in [6.45, 7) is 0. The summed E-state index contributed by atoms with van der Waals surface area (Å²) in [6.07, 6.45) is 1.03. The first-order valence-corrected chi connectivity index (χ1v) is 12.4. The van der Waals surface area contributed by atoms with Gasteiger partial charge in [-0.2, -0.15) is 0 Å². The highest BCUT2D eigenvalue weighted by Gasteiger charge is 2.23. The number of thioether (sulfide) groups is 1. The van der Waals surface area contributed by atoms with Crippen molar-refractivity contribution in [2.45, 2.75) is 30.2 Å². The van der Waals surface area contributed by atoms with Crippen molar-refractivity contribution in [1.29, 1.82) is 0 Å². The Morgan fingerprint density at radius 2 is 1.97 bits per heavy atom. The predicted octanol–water partition coefficient (Wildman–Crippen LogP) is 4.82. The molecule has 178 valence electrons. The number of ether oxygens (including phenoxy) is 1. The molecule has 0 radical (unpaired) electrons. The fourth-order valence-electron chi connectivity index (χ4n) is 4.34. The van der Waals surface area contributed by atoms with E-state index in [9.17, 15) is 14.0 Å². The van der Waals surface area contributed by atoms with Crippen LogP contribution < -0.4 is 15.6 Å². The van der Waals surface area contributed by atoms with E-state index in [0.29, 0.717) is 28.2 Å². The van der Waals surface area contributed by atoms with E-state index < -0.39 is 0 Å². The van der Waals surface area contributed by atoms with Crippen molar-refractivity contribution in [3.8, 4) is 11.4 Å². The summed E-state index contributed by atoms with van der Waals surface area (Å²) in [5.74, 6) is 1.04. The van der Waals surface area contributed by atoms with Crippen LogP contribution in [0.5, 0.6) is 5.75 Å². The molecule has 3 aromatic carbocycles. The fraction of sp³-hybridized carbons (Fsp3) is 0.222. The third-order valence-corrected chi connectivity index (χ3v) is 7.22. The SMILES string of the molecule is COc1ccc(-n2c(=O)c(CCC(=O)NC3CCSc4ccc(F)cc43)nc3ccccc32)cc1. The van der Waals surface area contributed by atoms with E-state index in [2.05, 4.69) is 10.3 Å². The third-order valence-electron chi connectivity index (χ3n) is 6.09. The molecular weight excluding hydrogens is 465 g/mol. The second-order valence-electron chi connectivity index (χ2n) is 8.33. The Bertz CT molecular complexity index is 1450. The van der Waals surface area contributed by atoms with Crippen LogP contribution >= 0.6 is 11.8 Å². The summed E-state index contributed by atoms with van der Waals surface area (Å²) in [5.41, 5.74) is 2.92. The highest BCUT2D eigenvalue weighted by atomic mass is 32.2. The highest BCUT2D eigenvalue weighted by Crippen LogP contribution is 2.36. The number of amides is 1. The largest absolute Gasteiger partial charge is 0.497 e. The Labute approximate surface area is 206 Å². The van der Waals surface area contributed by atoms with E-state index in [4.69, 9.17) is 4.74 Å². The van der Waals surface area contributed by atoms with Crippen LogP contribution in [0.1, 0.15) is 30.1 Å². The summed E-state index contributed by atoms with van der Waals surface area (Å²) in [5, 5.41) is 3.02. The molecule has 4 aromatic rings. The number of carbonyl (C=O) groups is 1. The van der Waals surface area contributed by atoms with Crippen molar-refractivity contribution < 1.29 is 13.9 Å². The van der Waals surface area contributed by atoms with Crippen LogP contribution in [-0.2, 0) is 11.2 Å². The van der Waals surface area contributed by atoms with E-state index in [1.807, 2.05) is 36.4 Å².